The predicted molar refractivity (Wildman–Crippen MR) is 99.4 cm³/mol. The molecule has 9 heteroatoms. The number of carbonyl (C=O) groups is 1. The Hall–Kier alpha value is -2.68. The van der Waals surface area contributed by atoms with E-state index >= 15 is 0 Å². The number of thiophene rings is 1. The highest BCUT2D eigenvalue weighted by Gasteiger charge is 2.43. The van der Waals surface area contributed by atoms with E-state index in [4.69, 9.17) is 0 Å². The Morgan fingerprint density at radius 1 is 1.14 bits per heavy atom. The van der Waals surface area contributed by atoms with E-state index in [-0.39, 0.29) is 25.3 Å². The molecule has 3 aromatic rings. The van der Waals surface area contributed by atoms with Gasteiger partial charge in [0.25, 0.3) is 5.91 Å². The van der Waals surface area contributed by atoms with Crippen LogP contribution in [0.5, 0.6) is 0 Å². The van der Waals surface area contributed by atoms with Crippen molar-refractivity contribution in [1.29, 1.82) is 0 Å². The number of likely N-dealkylation sites (tertiary alicyclic amines) is 1. The Labute approximate surface area is 163 Å². The van der Waals surface area contributed by atoms with Gasteiger partial charge in [-0.05, 0) is 36.4 Å². The molecule has 0 radical (unpaired) electrons. The lowest BCUT2D eigenvalue weighted by Crippen LogP contribution is -2.44. The van der Waals surface area contributed by atoms with E-state index in [0.29, 0.717) is 12.2 Å². The van der Waals surface area contributed by atoms with Gasteiger partial charge in [-0.1, -0.05) is 24.3 Å². The summed E-state index contributed by atoms with van der Waals surface area (Å²) in [5.74, 6) is -1.66. The van der Waals surface area contributed by atoms with Gasteiger partial charge in [0.1, 0.15) is 0 Å². The minimum absolute atomic E-state index is 0.0413. The van der Waals surface area contributed by atoms with Crippen molar-refractivity contribution in [2.75, 3.05) is 13.1 Å². The van der Waals surface area contributed by atoms with Crippen molar-refractivity contribution in [3.63, 3.8) is 0 Å². The summed E-state index contributed by atoms with van der Waals surface area (Å²) in [6.07, 6.45) is -3.95. The van der Waals surface area contributed by atoms with Crippen LogP contribution in [-0.2, 0) is 0 Å². The van der Waals surface area contributed by atoms with E-state index in [9.17, 15) is 18.0 Å². The summed E-state index contributed by atoms with van der Waals surface area (Å²) >= 11 is 1.45. The standard InChI is InChI=1S/C19H17F3N4OS/c20-19(21,22)13-6-4-10-25(12-13)18(27)16-23-17(15-9-5-11-28-15)26(24-16)14-7-2-1-3-8-14/h1-3,5,7-9,11,13H,4,6,10,12H2. The van der Waals surface area contributed by atoms with Crippen molar-refractivity contribution in [2.45, 2.75) is 19.0 Å². The van der Waals surface area contributed by atoms with Gasteiger partial charge in [0.15, 0.2) is 5.82 Å². The van der Waals surface area contributed by atoms with Gasteiger partial charge in [-0.15, -0.1) is 16.4 Å². The highest BCUT2D eigenvalue weighted by molar-refractivity contribution is 7.13. The van der Waals surface area contributed by atoms with Crippen LogP contribution < -0.4 is 0 Å². The molecule has 1 unspecified atom stereocenters. The quantitative estimate of drug-likeness (QED) is 0.647. The van der Waals surface area contributed by atoms with Crippen molar-refractivity contribution in [3.05, 3.63) is 53.7 Å². The summed E-state index contributed by atoms with van der Waals surface area (Å²) < 4.78 is 40.8. The van der Waals surface area contributed by atoms with Crippen molar-refractivity contribution >= 4 is 17.2 Å². The van der Waals surface area contributed by atoms with Crippen LogP contribution >= 0.6 is 11.3 Å². The zero-order valence-electron chi connectivity index (χ0n) is 14.8. The smallest absolute Gasteiger partial charge is 0.335 e. The van der Waals surface area contributed by atoms with Crippen LogP contribution in [0.4, 0.5) is 13.2 Å². The Morgan fingerprint density at radius 2 is 1.93 bits per heavy atom. The molecule has 146 valence electrons. The molecule has 0 saturated carbocycles. The van der Waals surface area contributed by atoms with E-state index in [0.717, 1.165) is 10.6 Å². The first-order valence-electron chi connectivity index (χ1n) is 8.86. The number of rotatable bonds is 3. The Kier molecular flexibility index (Phi) is 4.92. The molecular formula is C19H17F3N4OS. The molecule has 0 spiro atoms. The summed E-state index contributed by atoms with van der Waals surface area (Å²) in [7, 11) is 0. The van der Waals surface area contributed by atoms with Crippen molar-refractivity contribution in [3.8, 4) is 16.4 Å². The van der Waals surface area contributed by atoms with Crippen LogP contribution in [0, 0.1) is 5.92 Å². The van der Waals surface area contributed by atoms with Gasteiger partial charge in [-0.25, -0.2) is 9.67 Å². The first-order valence-corrected chi connectivity index (χ1v) is 9.74. The van der Waals surface area contributed by atoms with Gasteiger partial charge in [0.2, 0.25) is 5.82 Å². The molecule has 0 aliphatic carbocycles. The molecule has 0 bridgehead atoms. The topological polar surface area (TPSA) is 51.0 Å². The van der Waals surface area contributed by atoms with E-state index < -0.39 is 18.0 Å². The minimum Gasteiger partial charge on any atom is -0.335 e. The number of para-hydroxylation sites is 1. The molecule has 4 rings (SSSR count). The second-order valence-corrected chi connectivity index (χ2v) is 7.56. The second-order valence-electron chi connectivity index (χ2n) is 6.62. The van der Waals surface area contributed by atoms with E-state index in [1.165, 1.54) is 16.2 Å². The molecule has 1 aliphatic rings. The Balaban J connectivity index is 1.68. The summed E-state index contributed by atoms with van der Waals surface area (Å²) in [6.45, 7) is -0.0732. The number of nitrogens with zero attached hydrogens (tertiary/aromatic N) is 4. The lowest BCUT2D eigenvalue weighted by atomic mass is 9.97. The average molecular weight is 406 g/mol. The zero-order chi connectivity index (χ0) is 19.7. The molecule has 1 aliphatic heterocycles. The van der Waals surface area contributed by atoms with Crippen LogP contribution in [0.1, 0.15) is 23.5 Å². The summed E-state index contributed by atoms with van der Waals surface area (Å²) in [5.41, 5.74) is 0.726. The lowest BCUT2D eigenvalue weighted by Gasteiger charge is -2.33. The van der Waals surface area contributed by atoms with Gasteiger partial charge in [-0.2, -0.15) is 13.2 Å². The second kappa shape index (κ2) is 7.38. The molecule has 1 saturated heterocycles. The number of amides is 1. The van der Waals surface area contributed by atoms with Crippen LogP contribution in [-0.4, -0.2) is 44.8 Å². The van der Waals surface area contributed by atoms with Crippen molar-refractivity contribution in [1.82, 2.24) is 19.7 Å². The largest absolute Gasteiger partial charge is 0.393 e. The maximum Gasteiger partial charge on any atom is 0.393 e. The average Bonchev–Trinajstić information content (AvgIpc) is 3.37. The number of alkyl halides is 3. The highest BCUT2D eigenvalue weighted by atomic mass is 32.1. The lowest BCUT2D eigenvalue weighted by molar-refractivity contribution is -0.184. The first-order chi connectivity index (χ1) is 13.4. The predicted octanol–water partition coefficient (Wildman–Crippen LogP) is 4.41. The minimum atomic E-state index is -4.31. The molecule has 1 amide bonds. The third-order valence-electron chi connectivity index (χ3n) is 4.71. The normalized spacial score (nSPS) is 17.7. The molecule has 28 heavy (non-hydrogen) atoms. The highest BCUT2D eigenvalue weighted by Crippen LogP contribution is 2.33. The van der Waals surface area contributed by atoms with Crippen LogP contribution in [0.15, 0.2) is 47.8 Å². The fourth-order valence-corrected chi connectivity index (χ4v) is 3.99. The molecule has 3 heterocycles. The number of halogens is 3. The van der Waals surface area contributed by atoms with Gasteiger partial charge in [-0.3, -0.25) is 4.79 Å². The Bertz CT molecular complexity index is 953. The third-order valence-corrected chi connectivity index (χ3v) is 5.58. The van der Waals surface area contributed by atoms with E-state index in [1.807, 2.05) is 47.8 Å². The number of piperidine rings is 1. The van der Waals surface area contributed by atoms with Gasteiger partial charge < -0.3 is 4.90 Å². The summed E-state index contributed by atoms with van der Waals surface area (Å²) in [5, 5.41) is 6.23. The fourth-order valence-electron chi connectivity index (χ4n) is 3.29. The van der Waals surface area contributed by atoms with Gasteiger partial charge in [0.05, 0.1) is 16.5 Å². The summed E-state index contributed by atoms with van der Waals surface area (Å²) in [4.78, 5) is 19.3. The molecule has 2 aromatic heterocycles. The Morgan fingerprint density at radius 3 is 2.61 bits per heavy atom. The maximum atomic E-state index is 13.1. The summed E-state index contributed by atoms with van der Waals surface area (Å²) in [6, 6.07) is 12.9. The SMILES string of the molecule is O=C(c1nc(-c2cccs2)n(-c2ccccc2)n1)N1CCCC(C(F)(F)F)C1. The molecule has 0 N–H and O–H groups in total. The zero-order valence-corrected chi connectivity index (χ0v) is 15.6. The number of hydrogen-bond acceptors (Lipinski definition) is 4. The van der Waals surface area contributed by atoms with Gasteiger partial charge >= 0.3 is 6.18 Å². The van der Waals surface area contributed by atoms with E-state index in [1.54, 1.807) is 4.68 Å². The van der Waals surface area contributed by atoms with Gasteiger partial charge in [0, 0.05) is 13.1 Å². The maximum absolute atomic E-state index is 13.1. The molecule has 1 atom stereocenters. The molecule has 5 nitrogen and oxygen atoms in total. The third kappa shape index (κ3) is 3.66. The number of benzene rings is 1. The molecule has 1 fully saturated rings. The monoisotopic (exact) mass is 406 g/mol. The van der Waals surface area contributed by atoms with E-state index in [2.05, 4.69) is 10.1 Å². The fraction of sp³-hybridized carbons (Fsp3) is 0.316. The molecular weight excluding hydrogens is 389 g/mol. The van der Waals surface area contributed by atoms with Crippen LogP contribution in [0.25, 0.3) is 16.4 Å². The molecule has 1 aromatic carbocycles. The first kappa shape index (κ1) is 18.7. The van der Waals surface area contributed by atoms with Crippen molar-refractivity contribution in [2.24, 2.45) is 5.92 Å². The van der Waals surface area contributed by atoms with Crippen LogP contribution in [0.3, 0.4) is 0 Å². The number of aromatic nitrogens is 3. The number of carbonyl (C=O) groups excluding carboxylic acids is 1. The van der Waals surface area contributed by atoms with Crippen LogP contribution in [0.2, 0.25) is 0 Å². The van der Waals surface area contributed by atoms with Crippen molar-refractivity contribution < 1.29 is 18.0 Å². The number of hydrogen-bond donors (Lipinski definition) is 0.